The fraction of sp³-hybridized carbons (Fsp3) is 0.562. The number of nitrogens with two attached hydrogens (primary N) is 1. The van der Waals surface area contributed by atoms with Crippen molar-refractivity contribution in [1.82, 2.24) is 15.2 Å². The van der Waals surface area contributed by atoms with Crippen molar-refractivity contribution >= 4 is 23.6 Å². The Morgan fingerprint density at radius 1 is 1.18 bits per heavy atom. The van der Waals surface area contributed by atoms with E-state index >= 15 is 0 Å². The predicted octanol–water partition coefficient (Wildman–Crippen LogP) is 7.17. The van der Waals surface area contributed by atoms with Crippen molar-refractivity contribution in [1.29, 1.82) is 0 Å². The highest BCUT2D eigenvalue weighted by atomic mass is 32.2. The van der Waals surface area contributed by atoms with Gasteiger partial charge in [0.2, 0.25) is 5.91 Å². The van der Waals surface area contributed by atoms with Gasteiger partial charge in [-0.15, -0.1) is 11.8 Å². The van der Waals surface area contributed by atoms with E-state index < -0.39 is 5.54 Å². The van der Waals surface area contributed by atoms with Crippen LogP contribution in [0.3, 0.4) is 0 Å². The van der Waals surface area contributed by atoms with Crippen molar-refractivity contribution in [2.24, 2.45) is 5.84 Å². The molecule has 0 saturated carbocycles. The molecule has 1 aliphatic heterocycles. The summed E-state index contributed by atoms with van der Waals surface area (Å²) >= 11 is 1.51. The average Bonchev–Trinajstić information content (AvgIpc) is 2.96. The van der Waals surface area contributed by atoms with Crippen molar-refractivity contribution in [3.8, 4) is 5.75 Å². The maximum atomic E-state index is 13.8. The Kier molecular flexibility index (Phi) is 19.7. The Labute approximate surface area is 248 Å². The van der Waals surface area contributed by atoms with E-state index in [0.29, 0.717) is 31.0 Å². The highest BCUT2D eigenvalue weighted by molar-refractivity contribution is 8.05. The molecule has 1 atom stereocenters. The van der Waals surface area contributed by atoms with Crippen LogP contribution < -0.4 is 15.9 Å². The number of carbonyl (C=O) groups excluding carboxylic acids is 2. The summed E-state index contributed by atoms with van der Waals surface area (Å²) in [6, 6.07) is 7.61. The SMILES string of the molecule is C=C(C/C=C1/C(=O)N(Cc2ccccc2OCC)C(C)(C(=O)NCCCCCC)CN1N)S/C=C\C.CC.CC. The van der Waals surface area contributed by atoms with Crippen LogP contribution in [0, 0.1) is 0 Å². The number of carbonyl (C=O) groups is 2. The van der Waals surface area contributed by atoms with Gasteiger partial charge in [-0.3, -0.25) is 9.59 Å². The molecule has 8 heteroatoms. The first kappa shape index (κ1) is 37.3. The minimum absolute atomic E-state index is 0.177. The average molecular weight is 575 g/mol. The molecule has 2 rings (SSSR count). The molecule has 3 N–H and O–H groups in total. The number of thioether (sulfide) groups is 1. The van der Waals surface area contributed by atoms with Crippen LogP contribution >= 0.6 is 11.8 Å². The number of hydrogen-bond acceptors (Lipinski definition) is 6. The first-order chi connectivity index (χ1) is 19.3. The van der Waals surface area contributed by atoms with Gasteiger partial charge in [-0.1, -0.05) is 84.7 Å². The molecule has 0 aromatic heterocycles. The highest BCUT2D eigenvalue weighted by Crippen LogP contribution is 2.32. The molecule has 1 fully saturated rings. The van der Waals surface area contributed by atoms with E-state index in [1.165, 1.54) is 16.8 Å². The molecule has 1 aromatic rings. The first-order valence-electron chi connectivity index (χ1n) is 14.8. The van der Waals surface area contributed by atoms with Gasteiger partial charge in [0.1, 0.15) is 17.0 Å². The van der Waals surface area contributed by atoms with Gasteiger partial charge in [-0.2, -0.15) is 0 Å². The zero-order valence-electron chi connectivity index (χ0n) is 26.2. The Morgan fingerprint density at radius 3 is 2.48 bits per heavy atom. The molecule has 0 aliphatic carbocycles. The van der Waals surface area contributed by atoms with Gasteiger partial charge in [0, 0.05) is 12.1 Å². The lowest BCUT2D eigenvalue weighted by atomic mass is 9.92. The van der Waals surface area contributed by atoms with Crippen LogP contribution in [0.4, 0.5) is 0 Å². The minimum Gasteiger partial charge on any atom is -0.494 e. The number of rotatable bonds is 14. The second-order valence-electron chi connectivity index (χ2n) is 9.07. The van der Waals surface area contributed by atoms with Gasteiger partial charge in [-0.05, 0) is 56.1 Å². The lowest BCUT2D eigenvalue weighted by molar-refractivity contribution is -0.152. The van der Waals surface area contributed by atoms with Crippen LogP contribution in [0.15, 0.2) is 59.0 Å². The quantitative estimate of drug-likeness (QED) is 0.139. The molecular weight excluding hydrogens is 520 g/mol. The molecule has 2 amide bonds. The topological polar surface area (TPSA) is 87.9 Å². The van der Waals surface area contributed by atoms with Gasteiger partial charge >= 0.3 is 0 Å². The summed E-state index contributed by atoms with van der Waals surface area (Å²) in [6.07, 6.45) is 8.45. The summed E-state index contributed by atoms with van der Waals surface area (Å²) in [7, 11) is 0. The number of benzene rings is 1. The maximum absolute atomic E-state index is 13.8. The van der Waals surface area contributed by atoms with Crippen LogP contribution in [0.1, 0.15) is 93.1 Å². The summed E-state index contributed by atoms with van der Waals surface area (Å²) in [5.41, 5.74) is 0.0520. The number of ether oxygens (including phenoxy) is 1. The fourth-order valence-electron chi connectivity index (χ4n) is 4.10. The smallest absolute Gasteiger partial charge is 0.272 e. The number of unbranched alkanes of at least 4 members (excludes halogenated alkanes) is 3. The number of hydrazine groups is 1. The predicted molar refractivity (Wildman–Crippen MR) is 172 cm³/mol. The normalized spacial score (nSPS) is 17.6. The van der Waals surface area contributed by atoms with E-state index in [-0.39, 0.29) is 24.9 Å². The molecule has 7 nitrogen and oxygen atoms in total. The van der Waals surface area contributed by atoms with Crippen LogP contribution in [0.25, 0.3) is 0 Å². The Bertz CT molecular complexity index is 963. The summed E-state index contributed by atoms with van der Waals surface area (Å²) in [6.45, 7) is 21.3. The number of hydrogen-bond donors (Lipinski definition) is 2. The molecule has 1 saturated heterocycles. The van der Waals surface area contributed by atoms with E-state index in [1.807, 2.05) is 77.3 Å². The van der Waals surface area contributed by atoms with E-state index in [2.05, 4.69) is 18.8 Å². The van der Waals surface area contributed by atoms with Crippen molar-refractivity contribution < 1.29 is 14.3 Å². The lowest BCUT2D eigenvalue weighted by Crippen LogP contribution is -2.69. The van der Waals surface area contributed by atoms with E-state index in [4.69, 9.17) is 10.6 Å². The van der Waals surface area contributed by atoms with Crippen molar-refractivity contribution in [2.45, 2.75) is 99.6 Å². The van der Waals surface area contributed by atoms with Gasteiger partial charge in [0.15, 0.2) is 0 Å². The summed E-state index contributed by atoms with van der Waals surface area (Å²) in [4.78, 5) is 29.8. The molecule has 1 aliphatic rings. The Hall–Kier alpha value is -2.71. The minimum atomic E-state index is -1.15. The van der Waals surface area contributed by atoms with Crippen LogP contribution in [-0.4, -0.2) is 47.0 Å². The zero-order chi connectivity index (χ0) is 30.6. The van der Waals surface area contributed by atoms with E-state index in [9.17, 15) is 9.59 Å². The second kappa shape index (κ2) is 21.1. The summed E-state index contributed by atoms with van der Waals surface area (Å²) in [5.74, 6) is 6.57. The third-order valence-electron chi connectivity index (χ3n) is 6.15. The summed E-state index contributed by atoms with van der Waals surface area (Å²) < 4.78 is 5.80. The highest BCUT2D eigenvalue weighted by Gasteiger charge is 2.49. The molecule has 0 bridgehead atoms. The molecule has 226 valence electrons. The molecular formula is C32H54N4O3S. The molecule has 1 heterocycles. The lowest BCUT2D eigenvalue weighted by Gasteiger charge is -2.47. The number of piperazine rings is 1. The van der Waals surface area contributed by atoms with E-state index in [0.717, 1.165) is 36.2 Å². The first-order valence-corrected chi connectivity index (χ1v) is 15.6. The third-order valence-corrected chi connectivity index (χ3v) is 7.06. The van der Waals surface area contributed by atoms with Gasteiger partial charge in [0.05, 0.1) is 19.7 Å². The number of allylic oxidation sites excluding steroid dienone is 3. The largest absolute Gasteiger partial charge is 0.494 e. The maximum Gasteiger partial charge on any atom is 0.272 e. The van der Waals surface area contributed by atoms with Gasteiger partial charge in [-0.25, -0.2) is 5.84 Å². The number of nitrogens with one attached hydrogen (secondary N) is 1. The van der Waals surface area contributed by atoms with Crippen molar-refractivity contribution in [3.63, 3.8) is 0 Å². The second-order valence-corrected chi connectivity index (χ2v) is 10.2. The third kappa shape index (κ3) is 11.4. The Morgan fingerprint density at radius 2 is 1.85 bits per heavy atom. The molecule has 40 heavy (non-hydrogen) atoms. The Balaban J connectivity index is 0.00000363. The van der Waals surface area contributed by atoms with Crippen molar-refractivity contribution in [3.05, 3.63) is 64.6 Å². The molecule has 0 spiro atoms. The standard InChI is InChI=1S/C28H42N4O3S.2C2H6/c1-6-9-10-13-18-30-27(34)28(5)21-32(29)24(17-16-22(4)36-19-7-2)26(33)31(28)20-23-14-11-12-15-25(23)35-8-3;2*1-2/h7,11-12,14-15,17,19H,4,6,8-10,13,16,18,20-21,29H2,1-3,5H3,(H,30,34);2*1-2H3/b19-7-,24-17-;;. The molecule has 1 unspecified atom stereocenters. The molecule has 0 radical (unpaired) electrons. The fourth-order valence-corrected chi connectivity index (χ4v) is 4.61. The van der Waals surface area contributed by atoms with Gasteiger partial charge < -0.3 is 20.0 Å². The molecule has 1 aromatic carbocycles. The van der Waals surface area contributed by atoms with E-state index in [1.54, 1.807) is 17.9 Å². The van der Waals surface area contributed by atoms with Crippen LogP contribution in [0.5, 0.6) is 5.75 Å². The monoisotopic (exact) mass is 574 g/mol. The van der Waals surface area contributed by atoms with Crippen molar-refractivity contribution in [2.75, 3.05) is 19.7 Å². The van der Waals surface area contributed by atoms with Gasteiger partial charge in [0.25, 0.3) is 5.91 Å². The zero-order valence-corrected chi connectivity index (χ0v) is 27.0. The number of para-hydroxylation sites is 1. The number of amides is 2. The van der Waals surface area contributed by atoms with Crippen LogP contribution in [-0.2, 0) is 16.1 Å². The summed E-state index contributed by atoms with van der Waals surface area (Å²) in [5, 5.41) is 6.39. The van der Waals surface area contributed by atoms with Crippen LogP contribution in [0.2, 0.25) is 0 Å². The number of nitrogens with zero attached hydrogens (tertiary/aromatic N) is 2.